The van der Waals surface area contributed by atoms with E-state index in [1.165, 1.54) is 0 Å². The van der Waals surface area contributed by atoms with Crippen LogP contribution in [0.5, 0.6) is 5.75 Å². The molecule has 1 aromatic heterocycles. The molecule has 0 unspecified atom stereocenters. The van der Waals surface area contributed by atoms with Gasteiger partial charge in [0.25, 0.3) is 0 Å². The van der Waals surface area contributed by atoms with Crippen LogP contribution in [0.3, 0.4) is 0 Å². The number of pyridine rings is 1. The highest BCUT2D eigenvalue weighted by Crippen LogP contribution is 2.21. The Balaban J connectivity index is 0.000000278. The summed E-state index contributed by atoms with van der Waals surface area (Å²) < 4.78 is 14.3. The molecule has 0 spiro atoms. The van der Waals surface area contributed by atoms with Crippen molar-refractivity contribution >= 4 is 23.6 Å². The maximum absolute atomic E-state index is 10.5. The average molecular weight is 437 g/mol. The van der Waals surface area contributed by atoms with E-state index in [-0.39, 0.29) is 13.2 Å². The summed E-state index contributed by atoms with van der Waals surface area (Å²) in [6, 6.07) is 17.9. The smallest absolute Gasteiger partial charge is 0.404 e. The first-order valence-electron chi connectivity index (χ1n) is 9.34. The van der Waals surface area contributed by atoms with E-state index >= 15 is 0 Å². The molecule has 3 aromatic rings. The number of carbonyl (C=O) groups is 2. The molecule has 0 aliphatic heterocycles. The van der Waals surface area contributed by atoms with Gasteiger partial charge in [0.1, 0.15) is 19.0 Å². The zero-order valence-electron chi connectivity index (χ0n) is 17.4. The fourth-order valence-electron chi connectivity index (χ4n) is 2.21. The van der Waals surface area contributed by atoms with E-state index < -0.39 is 12.2 Å². The molecule has 32 heavy (non-hydrogen) atoms. The average Bonchev–Trinajstić information content (AvgIpc) is 2.82. The predicted octanol–water partition coefficient (Wildman–Crippen LogP) is 4.38. The van der Waals surface area contributed by atoms with Gasteiger partial charge in [-0.05, 0) is 59.7 Å². The largest absolute Gasteiger partial charge is 0.497 e. The fourth-order valence-corrected chi connectivity index (χ4v) is 2.21. The second-order valence-corrected chi connectivity index (χ2v) is 6.14. The molecular formula is C22H23N5O5. The van der Waals surface area contributed by atoms with Crippen LogP contribution in [0.2, 0.25) is 0 Å². The maximum Gasteiger partial charge on any atom is 0.404 e. The molecule has 0 aliphatic carbocycles. The van der Waals surface area contributed by atoms with Gasteiger partial charge in [-0.2, -0.15) is 10.2 Å². The predicted molar refractivity (Wildman–Crippen MR) is 117 cm³/mol. The Morgan fingerprint density at radius 1 is 0.750 bits per heavy atom. The number of carbonyl (C=O) groups excluding carboxylic acids is 2. The van der Waals surface area contributed by atoms with Gasteiger partial charge >= 0.3 is 12.2 Å². The number of rotatable bonds is 7. The number of ether oxygens (including phenoxy) is 3. The van der Waals surface area contributed by atoms with Gasteiger partial charge < -0.3 is 25.7 Å². The molecule has 2 amide bonds. The molecule has 0 aliphatic rings. The van der Waals surface area contributed by atoms with Gasteiger partial charge in [0.05, 0.1) is 18.5 Å². The number of benzene rings is 2. The molecule has 1 heterocycles. The molecule has 0 atom stereocenters. The van der Waals surface area contributed by atoms with Crippen molar-refractivity contribution in [2.45, 2.75) is 13.2 Å². The van der Waals surface area contributed by atoms with Crippen LogP contribution in [0.4, 0.5) is 21.0 Å². The van der Waals surface area contributed by atoms with Gasteiger partial charge in [0, 0.05) is 12.4 Å². The number of nitrogens with two attached hydrogens (primary N) is 2. The lowest BCUT2D eigenvalue weighted by Gasteiger charge is -2.01. The minimum absolute atomic E-state index is 0.144. The SMILES string of the molecule is COc1ccc(N=Nc2ccc(COC(N)=O)cc2)cc1.NC(=O)OCc1ccncc1. The Kier molecular flexibility index (Phi) is 9.64. The number of primary amides is 2. The monoisotopic (exact) mass is 437 g/mol. The third kappa shape index (κ3) is 9.35. The Morgan fingerprint density at radius 2 is 1.19 bits per heavy atom. The lowest BCUT2D eigenvalue weighted by Crippen LogP contribution is -2.12. The van der Waals surface area contributed by atoms with Crippen molar-refractivity contribution in [3.8, 4) is 5.75 Å². The lowest BCUT2D eigenvalue weighted by molar-refractivity contribution is 0.149. The van der Waals surface area contributed by atoms with Gasteiger partial charge in [0.2, 0.25) is 0 Å². The van der Waals surface area contributed by atoms with Gasteiger partial charge in [-0.1, -0.05) is 12.1 Å². The molecule has 166 valence electrons. The third-order valence-electron chi connectivity index (χ3n) is 3.80. The van der Waals surface area contributed by atoms with E-state index in [0.717, 1.165) is 22.6 Å². The Morgan fingerprint density at radius 3 is 1.62 bits per heavy atom. The second kappa shape index (κ2) is 13.0. The van der Waals surface area contributed by atoms with Gasteiger partial charge in [0.15, 0.2) is 0 Å². The summed E-state index contributed by atoms with van der Waals surface area (Å²) >= 11 is 0. The fraction of sp³-hybridized carbons (Fsp3) is 0.136. The first-order valence-corrected chi connectivity index (χ1v) is 9.34. The number of azo groups is 1. The summed E-state index contributed by atoms with van der Waals surface area (Å²) in [5, 5.41) is 8.24. The summed E-state index contributed by atoms with van der Waals surface area (Å²) in [7, 11) is 1.61. The molecule has 10 heteroatoms. The molecule has 4 N–H and O–H groups in total. The molecular weight excluding hydrogens is 414 g/mol. The van der Waals surface area contributed by atoms with Gasteiger partial charge in [-0.25, -0.2) is 9.59 Å². The van der Waals surface area contributed by atoms with Crippen molar-refractivity contribution in [1.82, 2.24) is 4.98 Å². The summed E-state index contributed by atoms with van der Waals surface area (Å²) in [5.74, 6) is 0.771. The quantitative estimate of drug-likeness (QED) is 0.523. The number of aromatic nitrogens is 1. The van der Waals surface area contributed by atoms with Gasteiger partial charge in [-0.3, -0.25) is 4.98 Å². The van der Waals surface area contributed by atoms with Crippen molar-refractivity contribution in [2.75, 3.05) is 7.11 Å². The van der Waals surface area contributed by atoms with Gasteiger partial charge in [-0.15, -0.1) is 0 Å². The van der Waals surface area contributed by atoms with E-state index in [0.29, 0.717) is 5.69 Å². The topological polar surface area (TPSA) is 151 Å². The van der Waals surface area contributed by atoms with Crippen molar-refractivity contribution in [3.63, 3.8) is 0 Å². The van der Waals surface area contributed by atoms with E-state index in [1.807, 2.05) is 24.3 Å². The van der Waals surface area contributed by atoms with Crippen LogP contribution in [0.15, 0.2) is 83.3 Å². The molecule has 0 radical (unpaired) electrons. The molecule has 10 nitrogen and oxygen atoms in total. The maximum atomic E-state index is 10.5. The molecule has 0 saturated heterocycles. The number of amides is 2. The summed E-state index contributed by atoms with van der Waals surface area (Å²) in [4.78, 5) is 24.5. The Labute approximate surface area is 184 Å². The molecule has 0 bridgehead atoms. The van der Waals surface area contributed by atoms with Crippen LogP contribution in [0.1, 0.15) is 11.1 Å². The molecule has 3 rings (SSSR count). The van der Waals surface area contributed by atoms with E-state index in [1.54, 1.807) is 55.9 Å². The third-order valence-corrected chi connectivity index (χ3v) is 3.80. The Hall–Kier alpha value is -4.47. The molecule has 0 fully saturated rings. The van der Waals surface area contributed by atoms with Crippen LogP contribution in [0.25, 0.3) is 0 Å². The van der Waals surface area contributed by atoms with Crippen LogP contribution in [-0.2, 0) is 22.7 Å². The molecule has 2 aromatic carbocycles. The number of hydrogen-bond acceptors (Lipinski definition) is 8. The van der Waals surface area contributed by atoms with Crippen molar-refractivity contribution in [1.29, 1.82) is 0 Å². The van der Waals surface area contributed by atoms with E-state index in [4.69, 9.17) is 20.9 Å². The highest BCUT2D eigenvalue weighted by Gasteiger charge is 1.98. The Bertz CT molecular complexity index is 1010. The van der Waals surface area contributed by atoms with Crippen LogP contribution < -0.4 is 16.2 Å². The van der Waals surface area contributed by atoms with Crippen LogP contribution in [-0.4, -0.2) is 24.3 Å². The highest BCUT2D eigenvalue weighted by molar-refractivity contribution is 5.64. The summed E-state index contributed by atoms with van der Waals surface area (Å²) in [6.45, 7) is 0.350. The van der Waals surface area contributed by atoms with Crippen molar-refractivity contribution in [3.05, 3.63) is 84.2 Å². The number of nitrogens with zero attached hydrogens (tertiary/aromatic N) is 3. The van der Waals surface area contributed by atoms with Crippen LogP contribution in [0, 0.1) is 0 Å². The lowest BCUT2D eigenvalue weighted by atomic mass is 10.2. The summed E-state index contributed by atoms with van der Waals surface area (Å²) in [6.07, 6.45) is 1.69. The zero-order valence-corrected chi connectivity index (χ0v) is 17.4. The first-order chi connectivity index (χ1) is 15.5. The van der Waals surface area contributed by atoms with E-state index in [2.05, 4.69) is 19.9 Å². The zero-order chi connectivity index (χ0) is 23.2. The van der Waals surface area contributed by atoms with E-state index in [9.17, 15) is 9.59 Å². The van der Waals surface area contributed by atoms with Crippen molar-refractivity contribution < 1.29 is 23.8 Å². The van der Waals surface area contributed by atoms with Crippen molar-refractivity contribution in [2.24, 2.45) is 21.7 Å². The number of hydrogen-bond donors (Lipinski definition) is 2. The number of methoxy groups -OCH3 is 1. The first kappa shape index (κ1) is 23.8. The standard InChI is InChI=1S/C15H15N3O3.C7H8N2O2/c1-20-14-8-6-13(7-9-14)18-17-12-4-2-11(3-5-12)10-21-15(16)19;8-7(10)11-5-6-1-3-9-4-2-6/h2-9H,10H2,1H3,(H2,16,19);1-4H,5H2,(H2,8,10). The van der Waals surface area contributed by atoms with Crippen LogP contribution >= 0.6 is 0 Å². The minimum atomic E-state index is -0.793. The highest BCUT2D eigenvalue weighted by atomic mass is 16.5. The minimum Gasteiger partial charge on any atom is -0.497 e. The normalized spacial score (nSPS) is 10.0. The summed E-state index contributed by atoms with van der Waals surface area (Å²) in [5.41, 5.74) is 12.8. The molecule has 0 saturated carbocycles. The second-order valence-electron chi connectivity index (χ2n) is 6.14.